The van der Waals surface area contributed by atoms with Crippen LogP contribution in [0.25, 0.3) is 0 Å². The van der Waals surface area contributed by atoms with Gasteiger partial charge in [0.05, 0.1) is 6.54 Å². The number of amides is 1. The van der Waals surface area contributed by atoms with Crippen LogP contribution in [0.1, 0.15) is 25.8 Å². The highest BCUT2D eigenvalue weighted by molar-refractivity contribution is 5.80. The maximum atomic E-state index is 13.0. The van der Waals surface area contributed by atoms with Crippen LogP contribution in [0.5, 0.6) is 0 Å². The van der Waals surface area contributed by atoms with Crippen LogP contribution in [0.4, 0.5) is 20.2 Å². The first-order valence-corrected chi connectivity index (χ1v) is 5.55. The van der Waals surface area contributed by atoms with Gasteiger partial charge in [-0.1, -0.05) is 0 Å². The van der Waals surface area contributed by atoms with E-state index in [-0.39, 0.29) is 29.5 Å². The Kier molecular flexibility index (Phi) is 4.47. The fourth-order valence-corrected chi connectivity index (χ4v) is 1.72. The van der Waals surface area contributed by atoms with Crippen LogP contribution in [0, 0.1) is 0 Å². The van der Waals surface area contributed by atoms with E-state index in [0.717, 1.165) is 0 Å². The number of nitrogens with zero attached hydrogens (tertiary/aromatic N) is 1. The Labute approximate surface area is 105 Å². The van der Waals surface area contributed by atoms with Gasteiger partial charge in [-0.3, -0.25) is 4.79 Å². The van der Waals surface area contributed by atoms with E-state index in [1.165, 1.54) is 23.1 Å². The molecule has 1 aromatic carbocycles. The third-order valence-corrected chi connectivity index (χ3v) is 2.55. The maximum absolute atomic E-state index is 13.0. The van der Waals surface area contributed by atoms with Crippen LogP contribution in [-0.4, -0.2) is 18.5 Å². The Morgan fingerprint density at radius 1 is 1.39 bits per heavy atom. The molecule has 4 nitrogen and oxygen atoms in total. The average molecular weight is 257 g/mol. The van der Waals surface area contributed by atoms with Crippen molar-refractivity contribution < 1.29 is 13.6 Å². The number of hydrogen-bond acceptors (Lipinski definition) is 3. The topological polar surface area (TPSA) is 72.3 Å². The van der Waals surface area contributed by atoms with Crippen molar-refractivity contribution in [3.63, 3.8) is 0 Å². The summed E-state index contributed by atoms with van der Waals surface area (Å²) in [6.07, 6.45) is -2.65. The molecule has 0 aromatic heterocycles. The molecule has 100 valence electrons. The molecule has 0 saturated heterocycles. The Morgan fingerprint density at radius 2 is 2.00 bits per heavy atom. The number of nitrogen functional groups attached to an aromatic ring is 1. The van der Waals surface area contributed by atoms with Crippen LogP contribution in [0.2, 0.25) is 0 Å². The molecule has 0 saturated carbocycles. The summed E-state index contributed by atoms with van der Waals surface area (Å²) in [4.78, 5) is 12.5. The molecule has 0 unspecified atom stereocenters. The minimum Gasteiger partial charge on any atom is -0.399 e. The average Bonchev–Trinajstić information content (AvgIpc) is 2.25. The van der Waals surface area contributed by atoms with Gasteiger partial charge in [0.15, 0.2) is 0 Å². The van der Waals surface area contributed by atoms with Gasteiger partial charge in [-0.05, 0) is 32.0 Å². The number of halogens is 2. The molecule has 6 heteroatoms. The molecule has 0 aliphatic heterocycles. The van der Waals surface area contributed by atoms with Gasteiger partial charge in [-0.25, -0.2) is 8.78 Å². The molecule has 1 aromatic rings. The van der Waals surface area contributed by atoms with Gasteiger partial charge in [-0.2, -0.15) is 0 Å². The zero-order valence-corrected chi connectivity index (χ0v) is 10.4. The van der Waals surface area contributed by atoms with Crippen molar-refractivity contribution in [1.82, 2.24) is 0 Å². The molecule has 0 aliphatic rings. The van der Waals surface area contributed by atoms with Gasteiger partial charge in [0.25, 0.3) is 6.43 Å². The predicted molar refractivity (Wildman–Crippen MR) is 67.5 cm³/mol. The molecule has 18 heavy (non-hydrogen) atoms. The molecule has 0 aliphatic carbocycles. The molecule has 0 fully saturated rings. The normalized spacial score (nSPS) is 11.0. The highest BCUT2D eigenvalue weighted by Crippen LogP contribution is 2.32. The van der Waals surface area contributed by atoms with Crippen molar-refractivity contribution in [1.29, 1.82) is 0 Å². The van der Waals surface area contributed by atoms with Crippen molar-refractivity contribution >= 4 is 17.3 Å². The van der Waals surface area contributed by atoms with Crippen LogP contribution in [-0.2, 0) is 4.79 Å². The molecule has 0 bridgehead atoms. The van der Waals surface area contributed by atoms with E-state index in [2.05, 4.69) is 0 Å². The van der Waals surface area contributed by atoms with Crippen molar-refractivity contribution in [3.8, 4) is 0 Å². The number of primary amides is 1. The lowest BCUT2D eigenvalue weighted by Gasteiger charge is -2.29. The highest BCUT2D eigenvalue weighted by Gasteiger charge is 2.21. The van der Waals surface area contributed by atoms with E-state index in [0.29, 0.717) is 0 Å². The fourth-order valence-electron chi connectivity index (χ4n) is 1.72. The van der Waals surface area contributed by atoms with Crippen molar-refractivity contribution in [2.24, 2.45) is 5.73 Å². The number of carbonyl (C=O) groups excluding carboxylic acids is 1. The lowest BCUT2D eigenvalue weighted by molar-refractivity contribution is -0.116. The number of rotatable bonds is 5. The zero-order chi connectivity index (χ0) is 13.9. The van der Waals surface area contributed by atoms with Crippen molar-refractivity contribution in [3.05, 3.63) is 23.8 Å². The summed E-state index contributed by atoms with van der Waals surface area (Å²) < 4.78 is 25.9. The van der Waals surface area contributed by atoms with Crippen LogP contribution < -0.4 is 16.4 Å². The molecular formula is C12H17F2N3O. The van der Waals surface area contributed by atoms with Crippen molar-refractivity contribution in [2.45, 2.75) is 26.3 Å². The third-order valence-electron chi connectivity index (χ3n) is 2.55. The van der Waals surface area contributed by atoms with Crippen LogP contribution in [0.15, 0.2) is 18.2 Å². The highest BCUT2D eigenvalue weighted by atomic mass is 19.3. The summed E-state index contributed by atoms with van der Waals surface area (Å²) in [5.41, 5.74) is 11.0. The summed E-state index contributed by atoms with van der Waals surface area (Å²) in [5, 5.41) is 0. The lowest BCUT2D eigenvalue weighted by Crippen LogP contribution is -2.39. The minimum absolute atomic E-state index is 0.110. The van der Waals surface area contributed by atoms with E-state index < -0.39 is 12.3 Å². The van der Waals surface area contributed by atoms with E-state index in [4.69, 9.17) is 11.5 Å². The second kappa shape index (κ2) is 5.66. The fraction of sp³-hybridized carbons (Fsp3) is 0.417. The third kappa shape index (κ3) is 3.32. The molecule has 4 N–H and O–H groups in total. The zero-order valence-electron chi connectivity index (χ0n) is 10.4. The summed E-state index contributed by atoms with van der Waals surface area (Å²) in [6.45, 7) is 3.49. The summed E-state index contributed by atoms with van der Waals surface area (Å²) in [6, 6.07) is 4.10. The second-order valence-electron chi connectivity index (χ2n) is 4.31. The van der Waals surface area contributed by atoms with Crippen LogP contribution >= 0.6 is 0 Å². The molecule has 0 radical (unpaired) electrons. The molecule has 1 amide bonds. The number of hydrogen-bond donors (Lipinski definition) is 2. The predicted octanol–water partition coefficient (Wildman–Crippen LogP) is 1.91. The Hall–Kier alpha value is -1.85. The Bertz CT molecular complexity index is 435. The van der Waals surface area contributed by atoms with Crippen LogP contribution in [0.3, 0.4) is 0 Å². The first kappa shape index (κ1) is 14.2. The SMILES string of the molecule is CC(C)N(CC(N)=O)c1ccc(N)cc1C(F)F. The van der Waals surface area contributed by atoms with E-state index in [9.17, 15) is 13.6 Å². The van der Waals surface area contributed by atoms with Gasteiger partial charge >= 0.3 is 0 Å². The smallest absolute Gasteiger partial charge is 0.265 e. The lowest BCUT2D eigenvalue weighted by atomic mass is 10.1. The number of nitrogens with two attached hydrogens (primary N) is 2. The summed E-state index contributed by atoms with van der Waals surface area (Å²) in [5.74, 6) is -0.569. The minimum atomic E-state index is -2.65. The standard InChI is InChI=1S/C12H17F2N3O/c1-7(2)17(6-11(16)18)10-4-3-8(15)5-9(10)12(13)14/h3-5,7,12H,6,15H2,1-2H3,(H2,16,18). The van der Waals surface area contributed by atoms with Gasteiger partial charge in [-0.15, -0.1) is 0 Å². The van der Waals surface area contributed by atoms with Gasteiger partial charge < -0.3 is 16.4 Å². The first-order chi connectivity index (χ1) is 8.32. The van der Waals surface area contributed by atoms with E-state index in [1.807, 2.05) is 0 Å². The van der Waals surface area contributed by atoms with E-state index >= 15 is 0 Å². The molecule has 0 atom stereocenters. The first-order valence-electron chi connectivity index (χ1n) is 5.55. The second-order valence-corrected chi connectivity index (χ2v) is 4.31. The maximum Gasteiger partial charge on any atom is 0.265 e. The number of benzene rings is 1. The van der Waals surface area contributed by atoms with Gasteiger partial charge in [0.1, 0.15) is 0 Å². The molecule has 0 heterocycles. The summed E-state index contributed by atoms with van der Waals surface area (Å²) in [7, 11) is 0. The number of anilines is 2. The van der Waals surface area contributed by atoms with Crippen molar-refractivity contribution in [2.75, 3.05) is 17.2 Å². The quantitative estimate of drug-likeness (QED) is 0.791. The molecule has 0 spiro atoms. The molecule has 1 rings (SSSR count). The number of carbonyl (C=O) groups is 1. The van der Waals surface area contributed by atoms with E-state index in [1.54, 1.807) is 13.8 Å². The Balaban J connectivity index is 3.22. The largest absolute Gasteiger partial charge is 0.399 e. The number of alkyl halides is 2. The monoisotopic (exact) mass is 257 g/mol. The molecular weight excluding hydrogens is 240 g/mol. The van der Waals surface area contributed by atoms with Gasteiger partial charge in [0, 0.05) is 23.0 Å². The van der Waals surface area contributed by atoms with Gasteiger partial charge in [0.2, 0.25) is 5.91 Å². The Morgan fingerprint density at radius 3 is 2.44 bits per heavy atom. The summed E-state index contributed by atoms with van der Waals surface area (Å²) >= 11 is 0.